The molecule has 1 saturated heterocycles. The summed E-state index contributed by atoms with van der Waals surface area (Å²) in [6, 6.07) is 16.5. The molecule has 24 heavy (non-hydrogen) atoms. The first-order valence-electron chi connectivity index (χ1n) is 8.04. The van der Waals surface area contributed by atoms with Crippen LogP contribution in [0.1, 0.15) is 25.8 Å². The summed E-state index contributed by atoms with van der Waals surface area (Å²) in [7, 11) is 0. The van der Waals surface area contributed by atoms with Crippen molar-refractivity contribution in [3.63, 3.8) is 0 Å². The molecule has 0 amide bonds. The van der Waals surface area contributed by atoms with Crippen molar-refractivity contribution in [3.05, 3.63) is 65.1 Å². The summed E-state index contributed by atoms with van der Waals surface area (Å²) in [4.78, 5) is 10.9. The number of ether oxygens (including phenoxy) is 1. The van der Waals surface area contributed by atoms with Crippen LogP contribution in [0.5, 0.6) is 0 Å². The molecule has 1 fully saturated rings. The minimum absolute atomic E-state index is 0.289. The molecule has 1 aliphatic heterocycles. The lowest BCUT2D eigenvalue weighted by Gasteiger charge is -2.36. The Morgan fingerprint density at radius 2 is 1.71 bits per heavy atom. The van der Waals surface area contributed by atoms with Crippen LogP contribution in [-0.2, 0) is 14.5 Å². The minimum Gasteiger partial charge on any atom is -0.344 e. The maximum Gasteiger partial charge on any atom is 0.198 e. The molecule has 0 aromatic heterocycles. The van der Waals surface area contributed by atoms with Crippen LogP contribution >= 0.6 is 15.9 Å². The Kier molecular flexibility index (Phi) is 5.21. The van der Waals surface area contributed by atoms with Gasteiger partial charge >= 0.3 is 0 Å². The second-order valence-electron chi connectivity index (χ2n) is 6.08. The van der Waals surface area contributed by atoms with Gasteiger partial charge in [-0.25, -0.2) is 9.78 Å². The second-order valence-corrected chi connectivity index (χ2v) is 6.99. The zero-order valence-electron chi connectivity index (χ0n) is 13.9. The van der Waals surface area contributed by atoms with Crippen molar-refractivity contribution in [2.75, 3.05) is 6.61 Å². The lowest BCUT2D eigenvalue weighted by atomic mass is 9.98. The van der Waals surface area contributed by atoms with Gasteiger partial charge in [-0.15, -0.1) is 0 Å². The Bertz CT molecular complexity index is 699. The minimum atomic E-state index is -0.664. The van der Waals surface area contributed by atoms with Gasteiger partial charge in [0.1, 0.15) is 6.10 Å². The molecule has 2 atom stereocenters. The highest BCUT2D eigenvalue weighted by molar-refractivity contribution is 9.10. The molecule has 0 spiro atoms. The van der Waals surface area contributed by atoms with Crippen molar-refractivity contribution >= 4 is 21.5 Å². The van der Waals surface area contributed by atoms with Gasteiger partial charge in [0.15, 0.2) is 5.79 Å². The molecular weight excluding hydrogens is 368 g/mol. The Hall–Kier alpha value is -1.46. The van der Waals surface area contributed by atoms with Gasteiger partial charge in [0, 0.05) is 10.9 Å². The fourth-order valence-electron chi connectivity index (χ4n) is 2.49. The fraction of sp³-hybridized carbons (Fsp3) is 0.300. The number of hydrogen-bond donors (Lipinski definition) is 0. The SMILES string of the molecule is C=C(c1ccc(-c2ccc(Br)cc2)cc1)C1COC(C)(CC)OO1. The highest BCUT2D eigenvalue weighted by Crippen LogP contribution is 2.30. The molecule has 1 heterocycles. The summed E-state index contributed by atoms with van der Waals surface area (Å²) in [5.74, 6) is -0.664. The first kappa shape index (κ1) is 17.4. The molecule has 0 bridgehead atoms. The van der Waals surface area contributed by atoms with Crippen molar-refractivity contribution in [1.29, 1.82) is 0 Å². The molecule has 0 N–H and O–H groups in total. The highest BCUT2D eigenvalue weighted by Gasteiger charge is 2.34. The monoisotopic (exact) mass is 388 g/mol. The van der Waals surface area contributed by atoms with Crippen LogP contribution < -0.4 is 0 Å². The Labute approximate surface area is 151 Å². The van der Waals surface area contributed by atoms with Crippen molar-refractivity contribution in [1.82, 2.24) is 0 Å². The lowest BCUT2D eigenvalue weighted by Crippen LogP contribution is -2.42. The molecule has 2 aromatic carbocycles. The highest BCUT2D eigenvalue weighted by atomic mass is 79.9. The van der Waals surface area contributed by atoms with E-state index in [1.54, 1.807) is 0 Å². The third-order valence-electron chi connectivity index (χ3n) is 4.34. The Morgan fingerprint density at radius 1 is 1.12 bits per heavy atom. The van der Waals surface area contributed by atoms with Crippen LogP contribution in [0, 0.1) is 0 Å². The summed E-state index contributed by atoms with van der Waals surface area (Å²) in [6.45, 7) is 8.46. The van der Waals surface area contributed by atoms with Crippen LogP contribution in [0.15, 0.2) is 59.6 Å². The van der Waals surface area contributed by atoms with Gasteiger partial charge in [-0.2, -0.15) is 0 Å². The first-order valence-corrected chi connectivity index (χ1v) is 8.84. The van der Waals surface area contributed by atoms with E-state index in [2.05, 4.69) is 58.9 Å². The molecule has 0 saturated carbocycles. The maximum atomic E-state index is 5.76. The molecular formula is C20H21BrO3. The average Bonchev–Trinajstić information content (AvgIpc) is 2.63. The number of halogens is 1. The van der Waals surface area contributed by atoms with Crippen molar-refractivity contribution in [3.8, 4) is 11.1 Å². The molecule has 0 radical (unpaired) electrons. The molecule has 4 heteroatoms. The van der Waals surface area contributed by atoms with Crippen LogP contribution in [0.25, 0.3) is 16.7 Å². The van der Waals surface area contributed by atoms with Crippen molar-refractivity contribution in [2.45, 2.75) is 32.2 Å². The Balaban J connectivity index is 1.69. The maximum absolute atomic E-state index is 5.76. The molecule has 3 rings (SSSR count). The van der Waals surface area contributed by atoms with Crippen LogP contribution in [0.3, 0.4) is 0 Å². The van der Waals surface area contributed by atoms with E-state index in [9.17, 15) is 0 Å². The van der Waals surface area contributed by atoms with Gasteiger partial charge in [0.2, 0.25) is 0 Å². The van der Waals surface area contributed by atoms with Crippen LogP contribution in [0.4, 0.5) is 0 Å². The molecule has 2 unspecified atom stereocenters. The van der Waals surface area contributed by atoms with E-state index in [0.717, 1.165) is 27.6 Å². The third-order valence-corrected chi connectivity index (χ3v) is 4.87. The standard InChI is InChI=1S/C20H21BrO3/c1-4-20(3)22-13-19(23-24-20)14(2)15-5-7-16(8-6-15)17-9-11-18(21)12-10-17/h5-12,19H,2,4,13H2,1,3H3. The van der Waals surface area contributed by atoms with E-state index in [4.69, 9.17) is 14.5 Å². The molecule has 2 aromatic rings. The van der Waals surface area contributed by atoms with E-state index in [-0.39, 0.29) is 6.10 Å². The predicted molar refractivity (Wildman–Crippen MR) is 99.2 cm³/mol. The van der Waals surface area contributed by atoms with E-state index >= 15 is 0 Å². The summed E-state index contributed by atoms with van der Waals surface area (Å²) in [5, 5.41) is 0. The second kappa shape index (κ2) is 7.19. The summed E-state index contributed by atoms with van der Waals surface area (Å²) < 4.78 is 6.84. The van der Waals surface area contributed by atoms with E-state index in [0.29, 0.717) is 6.61 Å². The third kappa shape index (κ3) is 3.78. The molecule has 3 nitrogen and oxygen atoms in total. The first-order chi connectivity index (χ1) is 11.5. The normalized spacial score (nSPS) is 23.9. The van der Waals surface area contributed by atoms with Crippen LogP contribution in [-0.4, -0.2) is 18.5 Å². The lowest BCUT2D eigenvalue weighted by molar-refractivity contribution is -0.473. The van der Waals surface area contributed by atoms with Gasteiger partial charge in [-0.1, -0.05) is 65.8 Å². The topological polar surface area (TPSA) is 27.7 Å². The number of rotatable bonds is 4. The average molecular weight is 389 g/mol. The van der Waals surface area contributed by atoms with E-state index in [1.165, 1.54) is 5.56 Å². The molecule has 1 aliphatic rings. The zero-order valence-corrected chi connectivity index (χ0v) is 15.5. The predicted octanol–water partition coefficient (Wildman–Crippen LogP) is 5.60. The molecule has 0 aliphatic carbocycles. The number of hydrogen-bond acceptors (Lipinski definition) is 3. The van der Waals surface area contributed by atoms with Gasteiger partial charge in [-0.3, -0.25) is 0 Å². The van der Waals surface area contributed by atoms with E-state index < -0.39 is 5.79 Å². The molecule has 126 valence electrons. The largest absolute Gasteiger partial charge is 0.344 e. The number of benzene rings is 2. The van der Waals surface area contributed by atoms with Crippen molar-refractivity contribution in [2.24, 2.45) is 0 Å². The van der Waals surface area contributed by atoms with Gasteiger partial charge in [0.25, 0.3) is 0 Å². The van der Waals surface area contributed by atoms with Gasteiger partial charge < -0.3 is 4.74 Å². The van der Waals surface area contributed by atoms with E-state index in [1.807, 2.05) is 26.0 Å². The summed E-state index contributed by atoms with van der Waals surface area (Å²) in [5.41, 5.74) is 4.22. The summed E-state index contributed by atoms with van der Waals surface area (Å²) in [6.07, 6.45) is 0.441. The fourth-order valence-corrected chi connectivity index (χ4v) is 2.75. The Morgan fingerprint density at radius 3 is 2.21 bits per heavy atom. The quantitative estimate of drug-likeness (QED) is 0.637. The summed E-state index contributed by atoms with van der Waals surface area (Å²) >= 11 is 3.46. The van der Waals surface area contributed by atoms with Gasteiger partial charge in [0.05, 0.1) is 6.61 Å². The zero-order chi connectivity index (χ0) is 17.2. The van der Waals surface area contributed by atoms with Crippen molar-refractivity contribution < 1.29 is 14.5 Å². The van der Waals surface area contributed by atoms with Crippen LogP contribution in [0.2, 0.25) is 0 Å². The smallest absolute Gasteiger partial charge is 0.198 e. The van der Waals surface area contributed by atoms with Gasteiger partial charge in [-0.05, 0) is 41.3 Å².